The van der Waals surface area contributed by atoms with E-state index >= 15 is 0 Å². The minimum Gasteiger partial charge on any atom is -0.494 e. The molecule has 1 aromatic carbocycles. The van der Waals surface area contributed by atoms with E-state index < -0.39 is 5.60 Å². The predicted octanol–water partition coefficient (Wildman–Crippen LogP) is 6.55. The molecule has 0 radical (unpaired) electrons. The van der Waals surface area contributed by atoms with Crippen LogP contribution in [0.15, 0.2) is 42.0 Å². The zero-order valence-electron chi connectivity index (χ0n) is 16.6. The third-order valence-electron chi connectivity index (χ3n) is 4.12. The first-order valence-electron chi connectivity index (χ1n) is 9.68. The van der Waals surface area contributed by atoms with Gasteiger partial charge in [0, 0.05) is 0 Å². The van der Waals surface area contributed by atoms with Gasteiger partial charge < -0.3 is 9.84 Å². The van der Waals surface area contributed by atoms with Gasteiger partial charge in [0.15, 0.2) is 0 Å². The lowest BCUT2D eigenvalue weighted by Crippen LogP contribution is -2.17. The van der Waals surface area contributed by atoms with Gasteiger partial charge in [-0.2, -0.15) is 0 Å². The smallest absolute Gasteiger partial charge is 0.119 e. The van der Waals surface area contributed by atoms with E-state index in [1.165, 1.54) is 11.1 Å². The molecule has 0 unspecified atom stereocenters. The number of allylic oxidation sites excluding steroid dienone is 3. The Morgan fingerprint density at radius 1 is 1.20 bits per heavy atom. The Labute approximate surface area is 154 Å². The van der Waals surface area contributed by atoms with Crippen molar-refractivity contribution in [1.29, 1.82) is 0 Å². The van der Waals surface area contributed by atoms with Gasteiger partial charge in [0.1, 0.15) is 5.75 Å². The first kappa shape index (κ1) is 21.5. The Hall–Kier alpha value is -1.54. The molecule has 0 atom stereocenters. The average Bonchev–Trinajstić information content (AvgIpc) is 2.54. The summed E-state index contributed by atoms with van der Waals surface area (Å²) in [5.74, 6) is 0.957. The van der Waals surface area contributed by atoms with Crippen molar-refractivity contribution in [2.75, 3.05) is 6.61 Å². The molecule has 1 rings (SSSR count). The molecule has 1 aromatic rings. The van der Waals surface area contributed by atoms with Gasteiger partial charge in [0.25, 0.3) is 0 Å². The molecule has 0 aliphatic rings. The van der Waals surface area contributed by atoms with Crippen LogP contribution in [0.25, 0.3) is 6.08 Å². The topological polar surface area (TPSA) is 29.5 Å². The highest BCUT2D eigenvalue weighted by Gasteiger charge is 2.10. The maximum absolute atomic E-state index is 9.73. The van der Waals surface area contributed by atoms with Crippen LogP contribution in [0.4, 0.5) is 0 Å². The number of ether oxygens (including phenoxy) is 1. The Morgan fingerprint density at radius 3 is 2.72 bits per heavy atom. The summed E-state index contributed by atoms with van der Waals surface area (Å²) in [6.07, 6.45) is 14.1. The summed E-state index contributed by atoms with van der Waals surface area (Å²) in [7, 11) is 0. The molecule has 0 aromatic heterocycles. The number of hydrogen-bond acceptors (Lipinski definition) is 2. The quantitative estimate of drug-likeness (QED) is 0.344. The molecule has 2 heteroatoms. The van der Waals surface area contributed by atoms with Gasteiger partial charge in [-0.25, -0.2) is 0 Å². The summed E-state index contributed by atoms with van der Waals surface area (Å²) < 4.78 is 5.75. The van der Waals surface area contributed by atoms with E-state index in [9.17, 15) is 5.11 Å². The van der Waals surface area contributed by atoms with E-state index in [2.05, 4.69) is 44.2 Å². The second-order valence-corrected chi connectivity index (χ2v) is 7.47. The molecule has 0 aliphatic heterocycles. The summed E-state index contributed by atoms with van der Waals surface area (Å²) in [5, 5.41) is 9.73. The molecule has 140 valence electrons. The van der Waals surface area contributed by atoms with Crippen molar-refractivity contribution in [3.05, 3.63) is 47.6 Å². The summed E-state index contributed by atoms with van der Waals surface area (Å²) >= 11 is 0. The van der Waals surface area contributed by atoms with E-state index in [0.29, 0.717) is 0 Å². The van der Waals surface area contributed by atoms with Crippen LogP contribution in [0, 0.1) is 0 Å². The van der Waals surface area contributed by atoms with Crippen molar-refractivity contribution in [1.82, 2.24) is 0 Å². The maximum atomic E-state index is 9.73. The lowest BCUT2D eigenvalue weighted by molar-refractivity contribution is 0.0689. The second kappa shape index (κ2) is 11.9. The van der Waals surface area contributed by atoms with Crippen LogP contribution in [0.1, 0.15) is 78.2 Å². The minimum atomic E-state index is -0.544. The van der Waals surface area contributed by atoms with Crippen molar-refractivity contribution >= 4 is 6.08 Å². The predicted molar refractivity (Wildman–Crippen MR) is 109 cm³/mol. The minimum absolute atomic E-state index is 0.544. The number of benzene rings is 1. The van der Waals surface area contributed by atoms with Gasteiger partial charge in [0.05, 0.1) is 12.2 Å². The Morgan fingerprint density at radius 2 is 2.00 bits per heavy atom. The zero-order valence-corrected chi connectivity index (χ0v) is 16.6. The van der Waals surface area contributed by atoms with E-state index in [1.807, 2.05) is 26.0 Å². The molecule has 25 heavy (non-hydrogen) atoms. The Balaban J connectivity index is 2.30. The molecule has 0 bridgehead atoms. The zero-order chi connectivity index (χ0) is 18.5. The van der Waals surface area contributed by atoms with Crippen LogP contribution in [-0.4, -0.2) is 17.3 Å². The van der Waals surface area contributed by atoms with Crippen LogP contribution >= 0.6 is 0 Å². The molecular formula is C23H36O2. The highest BCUT2D eigenvalue weighted by atomic mass is 16.5. The lowest BCUT2D eigenvalue weighted by Gasteiger charge is -2.16. The van der Waals surface area contributed by atoms with Crippen LogP contribution in [0.3, 0.4) is 0 Å². The van der Waals surface area contributed by atoms with Crippen LogP contribution in [0.2, 0.25) is 0 Å². The molecule has 0 saturated heterocycles. The molecule has 1 N–H and O–H groups in total. The summed E-state index contributed by atoms with van der Waals surface area (Å²) in [6.45, 7) is 8.90. The Bertz CT molecular complexity index is 535. The van der Waals surface area contributed by atoms with Crippen molar-refractivity contribution in [3.63, 3.8) is 0 Å². The maximum Gasteiger partial charge on any atom is 0.119 e. The van der Waals surface area contributed by atoms with E-state index in [0.717, 1.165) is 57.3 Å². The third-order valence-corrected chi connectivity index (χ3v) is 4.12. The highest BCUT2D eigenvalue weighted by molar-refractivity contribution is 5.51. The molecule has 0 heterocycles. The fourth-order valence-electron chi connectivity index (χ4n) is 2.59. The van der Waals surface area contributed by atoms with Crippen molar-refractivity contribution in [3.8, 4) is 5.75 Å². The molecule has 2 nitrogen and oxygen atoms in total. The molecule has 0 fully saturated rings. The summed E-state index contributed by atoms with van der Waals surface area (Å²) in [5.41, 5.74) is 2.07. The normalized spacial score (nSPS) is 12.8. The fourth-order valence-corrected chi connectivity index (χ4v) is 2.59. The standard InChI is InChI=1S/C23H36O2/c1-5-6-18-25-22-16-10-15-21(19-22)14-9-7-8-12-20(2)13-11-17-23(3,4)24/h9-10,12,14-16,19,24H,5-8,11,13,17-18H2,1-4H3. The van der Waals surface area contributed by atoms with Gasteiger partial charge in [-0.15, -0.1) is 0 Å². The van der Waals surface area contributed by atoms with Crippen molar-refractivity contribution < 1.29 is 9.84 Å². The number of hydrogen-bond donors (Lipinski definition) is 1. The fraction of sp³-hybridized carbons (Fsp3) is 0.565. The van der Waals surface area contributed by atoms with E-state index in [1.54, 1.807) is 0 Å². The SMILES string of the molecule is CCCCOc1cccc(C=CCCC=C(C)CCCC(C)(C)O)c1. The highest BCUT2D eigenvalue weighted by Crippen LogP contribution is 2.17. The summed E-state index contributed by atoms with van der Waals surface area (Å²) in [4.78, 5) is 0. The number of rotatable bonds is 12. The number of aliphatic hydroxyl groups is 1. The molecule has 0 amide bonds. The van der Waals surface area contributed by atoms with Gasteiger partial charge in [0.2, 0.25) is 0 Å². The van der Waals surface area contributed by atoms with Gasteiger partial charge in [-0.3, -0.25) is 0 Å². The first-order chi connectivity index (χ1) is 11.9. The molecule has 0 spiro atoms. The Kier molecular flexibility index (Phi) is 10.3. The second-order valence-electron chi connectivity index (χ2n) is 7.47. The monoisotopic (exact) mass is 344 g/mol. The molecule has 0 aliphatic carbocycles. The third kappa shape index (κ3) is 11.6. The first-order valence-corrected chi connectivity index (χ1v) is 9.68. The average molecular weight is 345 g/mol. The summed E-state index contributed by atoms with van der Waals surface area (Å²) in [6, 6.07) is 8.28. The van der Waals surface area contributed by atoms with Crippen LogP contribution in [-0.2, 0) is 0 Å². The lowest BCUT2D eigenvalue weighted by atomic mass is 9.99. The van der Waals surface area contributed by atoms with Crippen LogP contribution < -0.4 is 4.74 Å². The van der Waals surface area contributed by atoms with Gasteiger partial charge >= 0.3 is 0 Å². The molecule has 0 saturated carbocycles. The largest absolute Gasteiger partial charge is 0.494 e. The van der Waals surface area contributed by atoms with Crippen molar-refractivity contribution in [2.45, 2.75) is 78.2 Å². The molecular weight excluding hydrogens is 308 g/mol. The van der Waals surface area contributed by atoms with Crippen molar-refractivity contribution in [2.24, 2.45) is 0 Å². The van der Waals surface area contributed by atoms with Gasteiger partial charge in [-0.1, -0.05) is 49.3 Å². The van der Waals surface area contributed by atoms with E-state index in [-0.39, 0.29) is 0 Å². The number of unbranched alkanes of at least 4 members (excludes halogenated alkanes) is 2. The van der Waals surface area contributed by atoms with Crippen LogP contribution in [0.5, 0.6) is 5.75 Å². The van der Waals surface area contributed by atoms with Gasteiger partial charge in [-0.05, 0) is 77.0 Å². The van der Waals surface area contributed by atoms with E-state index in [4.69, 9.17) is 4.74 Å².